The number of aromatic hydroxyl groups is 1. The van der Waals surface area contributed by atoms with Crippen LogP contribution in [-0.2, 0) is 6.42 Å². The van der Waals surface area contributed by atoms with Gasteiger partial charge < -0.3 is 19.0 Å². The number of carbonyl (C=O) groups is 1. The fourth-order valence-electron chi connectivity index (χ4n) is 2.84. The summed E-state index contributed by atoms with van der Waals surface area (Å²) in [6.07, 6.45) is 3.61. The van der Waals surface area contributed by atoms with E-state index in [2.05, 4.69) is 17.1 Å². The topological polar surface area (TPSA) is 93.3 Å². The van der Waals surface area contributed by atoms with Crippen LogP contribution in [0.15, 0.2) is 58.6 Å². The van der Waals surface area contributed by atoms with Gasteiger partial charge in [-0.15, -0.1) is 6.58 Å². The second kappa shape index (κ2) is 8.97. The SMILES string of the molecule is C=CCc1cc(/C=N/NC(=O)c2cc3cc(OCC)ccc3o2)cc(OC)c1O. The quantitative estimate of drug-likeness (QED) is 0.342. The lowest BCUT2D eigenvalue weighted by Gasteiger charge is -2.09. The summed E-state index contributed by atoms with van der Waals surface area (Å²) in [5, 5.41) is 14.9. The number of carbonyl (C=O) groups excluding carboxylic acids is 1. The predicted molar refractivity (Wildman–Crippen MR) is 111 cm³/mol. The van der Waals surface area contributed by atoms with Crippen LogP contribution in [0.4, 0.5) is 0 Å². The average molecular weight is 394 g/mol. The van der Waals surface area contributed by atoms with Crippen molar-refractivity contribution in [3.8, 4) is 17.2 Å². The van der Waals surface area contributed by atoms with Crippen molar-refractivity contribution < 1.29 is 23.8 Å². The molecule has 0 saturated carbocycles. The number of phenols is 1. The van der Waals surface area contributed by atoms with Crippen molar-refractivity contribution in [2.24, 2.45) is 5.10 Å². The van der Waals surface area contributed by atoms with Gasteiger partial charge in [0.1, 0.15) is 11.3 Å². The van der Waals surface area contributed by atoms with E-state index in [4.69, 9.17) is 13.9 Å². The van der Waals surface area contributed by atoms with E-state index in [0.717, 1.165) is 5.39 Å². The highest BCUT2D eigenvalue weighted by molar-refractivity contribution is 5.96. The van der Waals surface area contributed by atoms with Gasteiger partial charge in [0.25, 0.3) is 0 Å². The molecule has 7 heteroatoms. The number of amides is 1. The summed E-state index contributed by atoms with van der Waals surface area (Å²) in [6.45, 7) is 6.13. The van der Waals surface area contributed by atoms with E-state index in [1.807, 2.05) is 13.0 Å². The molecular formula is C22H22N2O5. The van der Waals surface area contributed by atoms with Crippen LogP contribution in [-0.4, -0.2) is 30.9 Å². The Morgan fingerprint density at radius 2 is 2.14 bits per heavy atom. The third-order valence-electron chi connectivity index (χ3n) is 4.16. The number of benzene rings is 2. The normalized spacial score (nSPS) is 11.0. The summed E-state index contributed by atoms with van der Waals surface area (Å²) in [5.41, 5.74) is 4.32. The molecule has 0 spiro atoms. The Morgan fingerprint density at radius 3 is 2.86 bits per heavy atom. The number of fused-ring (bicyclic) bond motifs is 1. The van der Waals surface area contributed by atoms with E-state index in [-0.39, 0.29) is 11.5 Å². The number of hydrogen-bond acceptors (Lipinski definition) is 6. The summed E-state index contributed by atoms with van der Waals surface area (Å²) < 4.78 is 16.2. The van der Waals surface area contributed by atoms with Crippen LogP contribution in [0.2, 0.25) is 0 Å². The molecule has 1 amide bonds. The molecule has 2 aromatic carbocycles. The van der Waals surface area contributed by atoms with Gasteiger partial charge in [0.2, 0.25) is 0 Å². The van der Waals surface area contributed by atoms with Gasteiger partial charge in [-0.05, 0) is 55.3 Å². The van der Waals surface area contributed by atoms with E-state index >= 15 is 0 Å². The van der Waals surface area contributed by atoms with E-state index in [0.29, 0.717) is 41.2 Å². The lowest BCUT2D eigenvalue weighted by Crippen LogP contribution is -2.16. The van der Waals surface area contributed by atoms with Gasteiger partial charge >= 0.3 is 5.91 Å². The van der Waals surface area contributed by atoms with Gasteiger partial charge in [0.05, 0.1) is 19.9 Å². The van der Waals surface area contributed by atoms with E-state index < -0.39 is 5.91 Å². The van der Waals surface area contributed by atoms with Gasteiger partial charge in [-0.3, -0.25) is 4.79 Å². The molecule has 0 atom stereocenters. The zero-order valence-electron chi connectivity index (χ0n) is 16.3. The Balaban J connectivity index is 1.74. The molecule has 150 valence electrons. The van der Waals surface area contributed by atoms with Crippen LogP contribution in [0.1, 0.15) is 28.6 Å². The van der Waals surface area contributed by atoms with E-state index in [1.54, 1.807) is 36.4 Å². The Bertz CT molecular complexity index is 1070. The standard InChI is InChI=1S/C22H22N2O5/c1-4-6-15-9-14(10-19(27-3)21(15)25)13-23-24-22(26)20-12-16-11-17(28-5-2)7-8-18(16)29-20/h4,7-13,25H,1,5-6H2,2-3H3,(H,24,26)/b23-13+. The van der Waals surface area contributed by atoms with Gasteiger partial charge in [0, 0.05) is 10.9 Å². The number of nitrogens with one attached hydrogen (secondary N) is 1. The van der Waals surface area contributed by atoms with Crippen molar-refractivity contribution in [3.05, 3.63) is 65.9 Å². The molecule has 0 saturated heterocycles. The second-order valence-electron chi connectivity index (χ2n) is 6.17. The number of phenolic OH excluding ortho intramolecular Hbond substituents is 1. The van der Waals surface area contributed by atoms with Crippen molar-refractivity contribution in [1.29, 1.82) is 0 Å². The highest BCUT2D eigenvalue weighted by Crippen LogP contribution is 2.31. The van der Waals surface area contributed by atoms with Crippen molar-refractivity contribution in [1.82, 2.24) is 5.43 Å². The fourth-order valence-corrected chi connectivity index (χ4v) is 2.84. The predicted octanol–water partition coefficient (Wildman–Crippen LogP) is 4.04. The maximum atomic E-state index is 12.3. The minimum Gasteiger partial charge on any atom is -0.504 e. The fraction of sp³-hybridized carbons (Fsp3) is 0.182. The van der Waals surface area contributed by atoms with Gasteiger partial charge in [0.15, 0.2) is 17.3 Å². The largest absolute Gasteiger partial charge is 0.504 e. The van der Waals surface area contributed by atoms with E-state index in [1.165, 1.54) is 13.3 Å². The summed E-state index contributed by atoms with van der Waals surface area (Å²) in [5.74, 6) is 0.748. The first-order valence-electron chi connectivity index (χ1n) is 9.06. The lowest BCUT2D eigenvalue weighted by atomic mass is 10.1. The molecule has 0 unspecified atom stereocenters. The molecule has 0 bridgehead atoms. The number of hydrazone groups is 1. The molecule has 7 nitrogen and oxygen atoms in total. The minimum atomic E-state index is -0.479. The third kappa shape index (κ3) is 4.57. The van der Waals surface area contributed by atoms with Gasteiger partial charge in [-0.1, -0.05) is 6.08 Å². The monoisotopic (exact) mass is 394 g/mol. The molecule has 0 aliphatic rings. The zero-order valence-corrected chi connectivity index (χ0v) is 16.3. The number of nitrogens with zero attached hydrogens (tertiary/aromatic N) is 1. The first-order valence-corrected chi connectivity index (χ1v) is 9.06. The zero-order chi connectivity index (χ0) is 20.8. The van der Waals surface area contributed by atoms with Crippen LogP contribution in [0, 0.1) is 0 Å². The molecule has 3 rings (SSSR count). The van der Waals surface area contributed by atoms with Gasteiger partial charge in [-0.25, -0.2) is 5.43 Å². The van der Waals surface area contributed by atoms with Crippen LogP contribution < -0.4 is 14.9 Å². The number of ether oxygens (including phenoxy) is 2. The van der Waals surface area contributed by atoms with Crippen LogP contribution in [0.5, 0.6) is 17.2 Å². The van der Waals surface area contributed by atoms with Crippen molar-refractivity contribution in [2.45, 2.75) is 13.3 Å². The van der Waals surface area contributed by atoms with Crippen LogP contribution in [0.25, 0.3) is 11.0 Å². The molecule has 3 aromatic rings. The Kier molecular flexibility index (Phi) is 6.19. The summed E-state index contributed by atoms with van der Waals surface area (Å²) in [6, 6.07) is 10.3. The number of hydrogen-bond donors (Lipinski definition) is 2. The van der Waals surface area contributed by atoms with E-state index in [9.17, 15) is 9.90 Å². The number of allylic oxidation sites excluding steroid dienone is 1. The maximum absolute atomic E-state index is 12.3. The smallest absolute Gasteiger partial charge is 0.307 e. The molecule has 0 radical (unpaired) electrons. The molecular weight excluding hydrogens is 372 g/mol. The Hall–Kier alpha value is -3.74. The molecule has 1 aromatic heterocycles. The summed E-state index contributed by atoms with van der Waals surface area (Å²) in [7, 11) is 1.47. The molecule has 0 aliphatic carbocycles. The Morgan fingerprint density at radius 1 is 1.31 bits per heavy atom. The molecule has 29 heavy (non-hydrogen) atoms. The number of rotatable bonds is 8. The van der Waals surface area contributed by atoms with Crippen molar-refractivity contribution in [3.63, 3.8) is 0 Å². The number of furan rings is 1. The van der Waals surface area contributed by atoms with Crippen LogP contribution >= 0.6 is 0 Å². The molecule has 2 N–H and O–H groups in total. The van der Waals surface area contributed by atoms with Crippen molar-refractivity contribution in [2.75, 3.05) is 13.7 Å². The second-order valence-corrected chi connectivity index (χ2v) is 6.17. The summed E-state index contributed by atoms with van der Waals surface area (Å²) in [4.78, 5) is 12.3. The minimum absolute atomic E-state index is 0.0577. The molecule has 0 aliphatic heterocycles. The van der Waals surface area contributed by atoms with Crippen molar-refractivity contribution >= 4 is 23.1 Å². The average Bonchev–Trinajstić information content (AvgIpc) is 3.14. The summed E-state index contributed by atoms with van der Waals surface area (Å²) >= 11 is 0. The molecule has 0 fully saturated rings. The molecule has 1 heterocycles. The maximum Gasteiger partial charge on any atom is 0.307 e. The number of methoxy groups -OCH3 is 1. The Labute approximate surface area is 168 Å². The highest BCUT2D eigenvalue weighted by atomic mass is 16.5. The first kappa shape index (κ1) is 20.0. The first-order chi connectivity index (χ1) is 14.0. The van der Waals surface area contributed by atoms with Gasteiger partial charge in [-0.2, -0.15) is 5.10 Å². The van der Waals surface area contributed by atoms with Crippen LogP contribution in [0.3, 0.4) is 0 Å². The highest BCUT2D eigenvalue weighted by Gasteiger charge is 2.13. The lowest BCUT2D eigenvalue weighted by molar-refractivity contribution is 0.0929. The third-order valence-corrected chi connectivity index (χ3v) is 4.16.